The molecule has 0 unspecified atom stereocenters. The molecule has 2 aliphatic rings. The Kier molecular flexibility index (Phi) is 26.6. The van der Waals surface area contributed by atoms with Gasteiger partial charge in [0.25, 0.3) is 0 Å². The second-order valence-electron chi connectivity index (χ2n) is 11.0. The zero-order valence-corrected chi connectivity index (χ0v) is 27.4. The lowest BCUT2D eigenvalue weighted by molar-refractivity contribution is -0.152. The number of likely N-dealkylation sites (tertiary alicyclic amines) is 1. The summed E-state index contributed by atoms with van der Waals surface area (Å²) in [6.45, 7) is 16.6. The summed E-state index contributed by atoms with van der Waals surface area (Å²) in [6.07, 6.45) is 2.26. The summed E-state index contributed by atoms with van der Waals surface area (Å²) in [6, 6.07) is 0. The normalized spacial score (nSPS) is 15.7. The maximum atomic E-state index is 11.5. The fourth-order valence-corrected chi connectivity index (χ4v) is 2.90. The highest BCUT2D eigenvalue weighted by Crippen LogP contribution is 2.31. The van der Waals surface area contributed by atoms with Crippen LogP contribution in [0.2, 0.25) is 0 Å². The van der Waals surface area contributed by atoms with Gasteiger partial charge in [-0.25, -0.2) is 0 Å². The first-order chi connectivity index (χ1) is 17.0. The van der Waals surface area contributed by atoms with Crippen molar-refractivity contribution in [1.29, 1.82) is 0 Å². The van der Waals surface area contributed by atoms with E-state index in [4.69, 9.17) is 24.4 Å². The van der Waals surface area contributed by atoms with E-state index < -0.39 is 5.54 Å². The number of carbonyl (C=O) groups excluding carboxylic acids is 5. The molecule has 0 saturated carbocycles. The fraction of sp³-hybridized carbons (Fsp3) is 0.759. The van der Waals surface area contributed by atoms with E-state index in [0.29, 0.717) is 30.8 Å². The van der Waals surface area contributed by atoms with Crippen LogP contribution in [-0.4, -0.2) is 94.2 Å². The first-order valence-corrected chi connectivity index (χ1v) is 13.3. The predicted octanol–water partition coefficient (Wildman–Crippen LogP) is 5.08. The van der Waals surface area contributed by atoms with E-state index in [1.807, 2.05) is 60.5 Å². The molecule has 1 N–H and O–H groups in total. The molecule has 2 fully saturated rings. The van der Waals surface area contributed by atoms with Gasteiger partial charge in [0.1, 0.15) is 5.78 Å². The Morgan fingerprint density at radius 1 is 0.875 bits per heavy atom. The second-order valence-corrected chi connectivity index (χ2v) is 12.0. The van der Waals surface area contributed by atoms with Crippen molar-refractivity contribution in [1.82, 2.24) is 20.0 Å². The van der Waals surface area contributed by atoms with Gasteiger partial charge in [-0.1, -0.05) is 60.1 Å². The molecular weight excluding hydrogens is 548 g/mol. The lowest BCUT2D eigenvalue weighted by Crippen LogP contribution is -2.46. The Bertz CT molecular complexity index is 811. The summed E-state index contributed by atoms with van der Waals surface area (Å²) in [5.74, 6) is 0.425. The highest BCUT2D eigenvalue weighted by molar-refractivity contribution is 7.80. The monoisotopic (exact) mass is 606 g/mol. The third-order valence-electron chi connectivity index (χ3n) is 5.04. The molecule has 0 aliphatic carbocycles. The third kappa shape index (κ3) is 24.7. The highest BCUT2D eigenvalue weighted by atomic mass is 32.1. The largest absolute Gasteiger partial charge is 0.373 e. The van der Waals surface area contributed by atoms with Crippen molar-refractivity contribution in [2.45, 2.75) is 108 Å². The number of amides is 3. The maximum Gasteiger partial charge on any atom is 0.229 e. The van der Waals surface area contributed by atoms with E-state index in [-0.39, 0.29) is 49.6 Å². The van der Waals surface area contributed by atoms with Crippen molar-refractivity contribution in [2.24, 2.45) is 5.41 Å². The van der Waals surface area contributed by atoms with E-state index in [1.54, 1.807) is 14.1 Å². The van der Waals surface area contributed by atoms with E-state index >= 15 is 0 Å². The zero-order valence-electron chi connectivity index (χ0n) is 25.7. The van der Waals surface area contributed by atoms with E-state index in [9.17, 15) is 24.0 Å². The number of imide groups is 1. The van der Waals surface area contributed by atoms with Crippen LogP contribution in [0.15, 0.2) is 0 Å². The van der Waals surface area contributed by atoms with Gasteiger partial charge in [0, 0.05) is 54.5 Å². The van der Waals surface area contributed by atoms with Crippen LogP contribution in [0, 0.1) is 5.41 Å². The first-order valence-electron chi connectivity index (χ1n) is 12.5. The van der Waals surface area contributed by atoms with Gasteiger partial charge in [-0.2, -0.15) is 0 Å². The molecule has 2 heterocycles. The molecule has 40 heavy (non-hydrogen) atoms. The number of rotatable bonds is 2. The number of thiocarbonyl (C=S) groups is 2. The van der Waals surface area contributed by atoms with Gasteiger partial charge in [-0.15, -0.1) is 0 Å². The summed E-state index contributed by atoms with van der Waals surface area (Å²) >= 11 is 9.56. The molecule has 2 saturated heterocycles. The van der Waals surface area contributed by atoms with Crippen LogP contribution in [0.1, 0.15) is 103 Å². The van der Waals surface area contributed by atoms with Crippen molar-refractivity contribution in [2.75, 3.05) is 34.7 Å². The fourth-order valence-electron chi connectivity index (χ4n) is 2.51. The summed E-state index contributed by atoms with van der Waals surface area (Å²) < 4.78 is 0. The van der Waals surface area contributed by atoms with Gasteiger partial charge in [0.05, 0.1) is 21.9 Å². The number of nitrogens with zero attached hydrogens (tertiary/aromatic N) is 3. The zero-order chi connectivity index (χ0) is 31.0. The van der Waals surface area contributed by atoms with Crippen molar-refractivity contribution in [3.8, 4) is 0 Å². The molecule has 2 aliphatic heterocycles. The molecule has 0 aromatic heterocycles. The molecule has 2 rings (SSSR count). The Hall–Kier alpha value is -2.27. The highest BCUT2D eigenvalue weighted by Gasteiger charge is 2.36. The SMILES string of the molecule is C.C.CC(=O)N(C)C.CC(=S)N(C)C.CC(C)=O.CC1(C)NC(=S)CC1=O.CCCN1C(=O)CC(C)(C)CC1=O. The topological polar surface area (TPSA) is 107 Å². The van der Waals surface area contributed by atoms with Crippen LogP contribution in [0.5, 0.6) is 0 Å². The van der Waals surface area contributed by atoms with Crippen molar-refractivity contribution >= 4 is 63.7 Å². The third-order valence-corrected chi connectivity index (χ3v) is 5.65. The molecule has 3 amide bonds. The lowest BCUT2D eigenvalue weighted by Gasteiger charge is -2.34. The van der Waals surface area contributed by atoms with Gasteiger partial charge in [0.2, 0.25) is 17.7 Å². The smallest absolute Gasteiger partial charge is 0.229 e. The molecule has 236 valence electrons. The molecule has 9 nitrogen and oxygen atoms in total. The van der Waals surface area contributed by atoms with Crippen molar-refractivity contribution in [3.05, 3.63) is 0 Å². The van der Waals surface area contributed by atoms with Crippen molar-refractivity contribution < 1.29 is 24.0 Å². The summed E-state index contributed by atoms with van der Waals surface area (Å²) in [5, 5.41) is 2.92. The Labute approximate surface area is 255 Å². The van der Waals surface area contributed by atoms with Crippen LogP contribution < -0.4 is 5.32 Å². The maximum absolute atomic E-state index is 11.5. The van der Waals surface area contributed by atoms with Crippen LogP contribution in [0.25, 0.3) is 0 Å². The number of hydrogen-bond acceptors (Lipinski definition) is 7. The van der Waals surface area contributed by atoms with Gasteiger partial charge < -0.3 is 19.9 Å². The summed E-state index contributed by atoms with van der Waals surface area (Å²) in [5.41, 5.74) is -0.546. The average molecular weight is 607 g/mol. The van der Waals surface area contributed by atoms with Crippen molar-refractivity contribution in [3.63, 3.8) is 0 Å². The number of piperidine rings is 1. The molecule has 0 aromatic carbocycles. The Morgan fingerprint density at radius 3 is 1.35 bits per heavy atom. The minimum Gasteiger partial charge on any atom is -0.373 e. The molecule has 0 aromatic rings. The van der Waals surface area contributed by atoms with E-state index in [2.05, 4.69) is 5.32 Å². The van der Waals surface area contributed by atoms with E-state index in [1.165, 1.54) is 30.6 Å². The predicted molar refractivity (Wildman–Crippen MR) is 176 cm³/mol. The van der Waals surface area contributed by atoms with Crippen LogP contribution in [0.4, 0.5) is 0 Å². The molecule has 11 heteroatoms. The Balaban J connectivity index is -0.000000134. The average Bonchev–Trinajstić information content (AvgIpc) is 2.94. The van der Waals surface area contributed by atoms with Gasteiger partial charge >= 0.3 is 0 Å². The Morgan fingerprint density at radius 2 is 1.20 bits per heavy atom. The number of ketones is 2. The molecule has 0 radical (unpaired) electrons. The summed E-state index contributed by atoms with van der Waals surface area (Å²) in [7, 11) is 7.31. The van der Waals surface area contributed by atoms with Gasteiger partial charge in [-0.05, 0) is 46.5 Å². The van der Waals surface area contributed by atoms with Crippen LogP contribution in [0.3, 0.4) is 0 Å². The quantitative estimate of drug-likeness (QED) is 0.340. The number of hydrogen-bond donors (Lipinski definition) is 1. The summed E-state index contributed by atoms with van der Waals surface area (Å²) in [4.78, 5) is 59.9. The number of Topliss-reactive ketones (excluding diaryl/α,β-unsaturated/α-hetero) is 2. The van der Waals surface area contributed by atoms with E-state index in [0.717, 1.165) is 11.4 Å². The van der Waals surface area contributed by atoms with Gasteiger partial charge in [0.15, 0.2) is 5.78 Å². The van der Waals surface area contributed by atoms with Crippen LogP contribution in [-0.2, 0) is 24.0 Å². The number of nitrogens with one attached hydrogen (secondary N) is 1. The minimum absolute atomic E-state index is 0. The van der Waals surface area contributed by atoms with Gasteiger partial charge in [-0.3, -0.25) is 24.1 Å². The standard InChI is InChI=1S/C10H17NO2.C6H9NOS.C4H9NO.C4H9NS.C3H6O.2CH4/c1-4-5-11-8(12)6-10(2,3)7-9(11)13;1-6(2)4(8)3-5(9)7-6;2*1-4(6)5(2)3;1-3(2)4;;/h4-7H2,1-3H3;3H2,1-2H3,(H,7,9);2*1-3H3;1-2H3;2*1H4. The second kappa shape index (κ2) is 22.4. The molecule has 0 spiro atoms. The first kappa shape index (κ1) is 47.5. The molecule has 0 bridgehead atoms. The molecular formula is C29H58N4O5S2. The minimum atomic E-state index is -0.406. The lowest BCUT2D eigenvalue weighted by atomic mass is 9.82. The van der Waals surface area contributed by atoms with Crippen LogP contribution >= 0.6 is 24.4 Å². The number of carbonyl (C=O) groups is 5. The molecule has 0 atom stereocenters.